The third kappa shape index (κ3) is 3.56. The summed E-state index contributed by atoms with van der Waals surface area (Å²) in [6, 6.07) is 4.41. The summed E-state index contributed by atoms with van der Waals surface area (Å²) in [7, 11) is 0. The van der Waals surface area contributed by atoms with E-state index in [4.69, 9.17) is 0 Å². The van der Waals surface area contributed by atoms with Crippen molar-refractivity contribution in [3.05, 3.63) is 28.8 Å². The number of phenolic OH excluding ortho intramolecular Hbond substituents is 1. The van der Waals surface area contributed by atoms with Gasteiger partial charge in [0.2, 0.25) is 0 Å². The predicted octanol–water partition coefficient (Wildman–Crippen LogP) is 5.86. The van der Waals surface area contributed by atoms with Gasteiger partial charge in [0.05, 0.1) is 0 Å². The number of hydrogen-bond acceptors (Lipinski definition) is 1. The molecule has 0 radical (unpaired) electrons. The Hall–Kier alpha value is -0.980. The smallest absolute Gasteiger partial charge is 0.122 e. The molecule has 0 atom stereocenters. The zero-order valence-electron chi connectivity index (χ0n) is 14.4. The lowest BCUT2D eigenvalue weighted by Gasteiger charge is -2.31. The van der Waals surface area contributed by atoms with Gasteiger partial charge in [-0.15, -0.1) is 0 Å². The highest BCUT2D eigenvalue weighted by Crippen LogP contribution is 2.40. The number of aromatic hydroxyl groups is 1. The van der Waals surface area contributed by atoms with Crippen molar-refractivity contribution < 1.29 is 5.11 Å². The zero-order chi connectivity index (χ0) is 15.6. The second-order valence-electron chi connectivity index (χ2n) is 7.46. The van der Waals surface area contributed by atoms with Crippen molar-refractivity contribution in [3.63, 3.8) is 0 Å². The van der Waals surface area contributed by atoms with E-state index in [0.29, 0.717) is 5.75 Å². The number of rotatable bonds is 6. The summed E-state index contributed by atoms with van der Waals surface area (Å²) in [4.78, 5) is 0. The van der Waals surface area contributed by atoms with Gasteiger partial charge in [-0.2, -0.15) is 0 Å². The summed E-state index contributed by atoms with van der Waals surface area (Å²) >= 11 is 0. The third-order valence-electron chi connectivity index (χ3n) is 4.56. The van der Waals surface area contributed by atoms with E-state index in [2.05, 4.69) is 53.7 Å². The number of benzene rings is 1. The number of aryl methyl sites for hydroxylation is 1. The molecular formula is C19H32O. The second-order valence-corrected chi connectivity index (χ2v) is 7.46. The van der Waals surface area contributed by atoms with Crippen LogP contribution in [-0.4, -0.2) is 5.11 Å². The molecule has 0 aliphatic rings. The van der Waals surface area contributed by atoms with Gasteiger partial charge < -0.3 is 5.11 Å². The van der Waals surface area contributed by atoms with E-state index in [9.17, 15) is 5.11 Å². The van der Waals surface area contributed by atoms with Crippen molar-refractivity contribution in [1.29, 1.82) is 0 Å². The summed E-state index contributed by atoms with van der Waals surface area (Å²) in [5.74, 6) is 0.486. The van der Waals surface area contributed by atoms with Crippen molar-refractivity contribution in [2.24, 2.45) is 0 Å². The van der Waals surface area contributed by atoms with E-state index in [1.54, 1.807) is 0 Å². The Bertz CT molecular complexity index is 455. The third-order valence-corrected chi connectivity index (χ3v) is 4.56. The minimum absolute atomic E-state index is 0.0297. The Balaban J connectivity index is 3.37. The molecule has 0 aliphatic heterocycles. The maximum atomic E-state index is 10.5. The molecule has 0 amide bonds. The van der Waals surface area contributed by atoms with Crippen LogP contribution in [0.15, 0.2) is 12.1 Å². The van der Waals surface area contributed by atoms with Gasteiger partial charge in [0.1, 0.15) is 5.75 Å². The SMILES string of the molecule is CCCC(C)(C)c1cc(C)c(O)c(C(C)(C)CCC)c1. The highest BCUT2D eigenvalue weighted by Gasteiger charge is 2.28. The second kappa shape index (κ2) is 6.20. The summed E-state index contributed by atoms with van der Waals surface area (Å²) in [5.41, 5.74) is 3.67. The fourth-order valence-corrected chi connectivity index (χ4v) is 3.22. The maximum absolute atomic E-state index is 10.5. The average Bonchev–Trinajstić information content (AvgIpc) is 2.31. The number of hydrogen-bond donors (Lipinski definition) is 1. The monoisotopic (exact) mass is 276 g/mol. The van der Waals surface area contributed by atoms with E-state index < -0.39 is 0 Å². The largest absolute Gasteiger partial charge is 0.507 e. The van der Waals surface area contributed by atoms with Gasteiger partial charge in [-0.05, 0) is 41.7 Å². The van der Waals surface area contributed by atoms with E-state index in [0.717, 1.165) is 24.0 Å². The molecule has 1 N–H and O–H groups in total. The van der Waals surface area contributed by atoms with Crippen LogP contribution < -0.4 is 0 Å². The van der Waals surface area contributed by atoms with Crippen LogP contribution in [0, 0.1) is 6.92 Å². The average molecular weight is 276 g/mol. The summed E-state index contributed by atoms with van der Waals surface area (Å²) in [6.45, 7) is 15.5. The lowest BCUT2D eigenvalue weighted by atomic mass is 9.74. The predicted molar refractivity (Wildman–Crippen MR) is 88.7 cm³/mol. The highest BCUT2D eigenvalue weighted by atomic mass is 16.3. The lowest BCUT2D eigenvalue weighted by Crippen LogP contribution is -2.21. The van der Waals surface area contributed by atoms with Crippen molar-refractivity contribution in [2.45, 2.75) is 85.0 Å². The molecule has 0 fully saturated rings. The van der Waals surface area contributed by atoms with Crippen LogP contribution in [0.25, 0.3) is 0 Å². The van der Waals surface area contributed by atoms with Crippen molar-refractivity contribution in [3.8, 4) is 5.75 Å². The maximum Gasteiger partial charge on any atom is 0.122 e. The zero-order valence-corrected chi connectivity index (χ0v) is 14.4. The number of phenols is 1. The van der Waals surface area contributed by atoms with Gasteiger partial charge in [-0.1, -0.05) is 66.5 Å². The van der Waals surface area contributed by atoms with Crippen LogP contribution in [0.5, 0.6) is 5.75 Å². The van der Waals surface area contributed by atoms with Gasteiger partial charge >= 0.3 is 0 Å². The van der Waals surface area contributed by atoms with Crippen molar-refractivity contribution >= 4 is 0 Å². The molecular weight excluding hydrogens is 244 g/mol. The molecule has 1 nitrogen and oxygen atoms in total. The lowest BCUT2D eigenvalue weighted by molar-refractivity contribution is 0.410. The Kier molecular flexibility index (Phi) is 5.29. The van der Waals surface area contributed by atoms with Gasteiger partial charge in [0, 0.05) is 5.56 Å². The molecule has 114 valence electrons. The van der Waals surface area contributed by atoms with E-state index in [1.807, 2.05) is 6.92 Å². The molecule has 0 unspecified atom stereocenters. The topological polar surface area (TPSA) is 20.2 Å². The van der Waals surface area contributed by atoms with E-state index >= 15 is 0 Å². The van der Waals surface area contributed by atoms with Crippen LogP contribution in [0.1, 0.15) is 83.9 Å². The van der Waals surface area contributed by atoms with Crippen LogP contribution in [0.2, 0.25) is 0 Å². The minimum Gasteiger partial charge on any atom is -0.507 e. The molecule has 1 aromatic carbocycles. The molecule has 0 heterocycles. The van der Waals surface area contributed by atoms with Crippen molar-refractivity contribution in [2.75, 3.05) is 0 Å². The van der Waals surface area contributed by atoms with E-state index in [1.165, 1.54) is 18.4 Å². The fourth-order valence-electron chi connectivity index (χ4n) is 3.22. The van der Waals surface area contributed by atoms with Gasteiger partial charge in [-0.25, -0.2) is 0 Å². The molecule has 1 aromatic rings. The first-order valence-electron chi connectivity index (χ1n) is 8.00. The summed E-state index contributed by atoms with van der Waals surface area (Å²) in [6.07, 6.45) is 4.58. The molecule has 0 saturated heterocycles. The summed E-state index contributed by atoms with van der Waals surface area (Å²) < 4.78 is 0. The molecule has 1 rings (SSSR count). The first-order valence-corrected chi connectivity index (χ1v) is 8.00. The van der Waals surface area contributed by atoms with Crippen LogP contribution in [0.4, 0.5) is 0 Å². The van der Waals surface area contributed by atoms with Crippen LogP contribution in [0.3, 0.4) is 0 Å². The standard InChI is InChI=1S/C19H32O/c1-8-10-18(4,5)15-12-14(3)17(20)16(13-15)19(6,7)11-9-2/h12-13,20H,8-11H2,1-7H3. The molecule has 0 aromatic heterocycles. The Morgan fingerprint density at radius 1 is 0.900 bits per heavy atom. The Morgan fingerprint density at radius 3 is 1.90 bits per heavy atom. The first-order chi connectivity index (χ1) is 9.15. The molecule has 0 saturated carbocycles. The molecule has 1 heteroatoms. The van der Waals surface area contributed by atoms with Crippen LogP contribution >= 0.6 is 0 Å². The summed E-state index contributed by atoms with van der Waals surface area (Å²) in [5, 5.41) is 10.5. The molecule has 0 bridgehead atoms. The molecule has 0 spiro atoms. The first kappa shape index (κ1) is 17.1. The van der Waals surface area contributed by atoms with Gasteiger partial charge in [0.25, 0.3) is 0 Å². The molecule has 0 aliphatic carbocycles. The van der Waals surface area contributed by atoms with Crippen molar-refractivity contribution in [1.82, 2.24) is 0 Å². The minimum atomic E-state index is 0.0297. The quantitative estimate of drug-likeness (QED) is 0.690. The Labute approximate surface area is 125 Å². The van der Waals surface area contributed by atoms with E-state index in [-0.39, 0.29) is 10.8 Å². The Morgan fingerprint density at radius 2 is 1.40 bits per heavy atom. The van der Waals surface area contributed by atoms with Crippen LogP contribution in [-0.2, 0) is 10.8 Å². The van der Waals surface area contributed by atoms with Gasteiger partial charge in [0.15, 0.2) is 0 Å². The molecule has 20 heavy (non-hydrogen) atoms. The fraction of sp³-hybridized carbons (Fsp3) is 0.684. The van der Waals surface area contributed by atoms with Gasteiger partial charge in [-0.3, -0.25) is 0 Å². The highest BCUT2D eigenvalue weighted by molar-refractivity contribution is 5.48. The normalized spacial score (nSPS) is 12.8.